The molecule has 0 radical (unpaired) electrons. The molecule has 0 spiro atoms. The summed E-state index contributed by atoms with van der Waals surface area (Å²) in [6.45, 7) is 6.35. The molecule has 1 atom stereocenters. The van der Waals surface area contributed by atoms with Crippen molar-refractivity contribution in [3.8, 4) is 0 Å². The van der Waals surface area contributed by atoms with E-state index in [1.54, 1.807) is 0 Å². The van der Waals surface area contributed by atoms with Gasteiger partial charge in [0.2, 0.25) is 0 Å². The Morgan fingerprint density at radius 3 is 2.45 bits per heavy atom. The van der Waals surface area contributed by atoms with Crippen LogP contribution < -0.4 is 10.6 Å². The maximum Gasteiger partial charge on any atom is 0.129 e. The van der Waals surface area contributed by atoms with Gasteiger partial charge in [-0.25, -0.2) is 0 Å². The fourth-order valence-electron chi connectivity index (χ4n) is 2.54. The molecule has 0 aliphatic heterocycles. The van der Waals surface area contributed by atoms with Crippen LogP contribution in [0.5, 0.6) is 0 Å². The minimum atomic E-state index is 0.215. The maximum absolute atomic E-state index is 6.13. The van der Waals surface area contributed by atoms with Gasteiger partial charge in [0.1, 0.15) is 5.82 Å². The van der Waals surface area contributed by atoms with Crippen molar-refractivity contribution < 1.29 is 0 Å². The molecule has 1 rings (SSSR count). The van der Waals surface area contributed by atoms with Crippen LogP contribution in [-0.2, 0) is 13.5 Å². The molecule has 20 heavy (non-hydrogen) atoms. The van der Waals surface area contributed by atoms with Crippen molar-refractivity contribution in [2.24, 2.45) is 12.8 Å². The summed E-state index contributed by atoms with van der Waals surface area (Å²) in [6, 6.07) is 0.215. The van der Waals surface area contributed by atoms with Crippen molar-refractivity contribution >= 4 is 5.82 Å². The molecule has 1 aromatic rings. The highest BCUT2D eigenvalue weighted by molar-refractivity contribution is 5.50. The molecular formula is C15H31N5. The molecule has 2 N–H and O–H groups in total. The molecule has 0 saturated carbocycles. The van der Waals surface area contributed by atoms with E-state index < -0.39 is 0 Å². The van der Waals surface area contributed by atoms with E-state index in [2.05, 4.69) is 49.9 Å². The lowest BCUT2D eigenvalue weighted by Crippen LogP contribution is -2.27. The van der Waals surface area contributed by atoms with Gasteiger partial charge < -0.3 is 15.5 Å². The standard InChI is InChI=1S/C15H31N5/c1-7-13(16)11-14-12(2)17-20(6)15(14)19(5)10-8-9-18(3)4/h13H,7-11,16H2,1-6H3. The summed E-state index contributed by atoms with van der Waals surface area (Å²) >= 11 is 0. The summed E-state index contributed by atoms with van der Waals surface area (Å²) < 4.78 is 1.99. The van der Waals surface area contributed by atoms with E-state index in [1.165, 1.54) is 11.4 Å². The molecule has 0 amide bonds. The number of hydrogen-bond donors (Lipinski definition) is 1. The molecule has 1 heterocycles. The maximum atomic E-state index is 6.13. The quantitative estimate of drug-likeness (QED) is 0.782. The van der Waals surface area contributed by atoms with Crippen molar-refractivity contribution in [1.82, 2.24) is 14.7 Å². The van der Waals surface area contributed by atoms with E-state index in [9.17, 15) is 0 Å². The third kappa shape index (κ3) is 4.49. The van der Waals surface area contributed by atoms with Gasteiger partial charge in [-0.15, -0.1) is 0 Å². The Hall–Kier alpha value is -1.07. The van der Waals surface area contributed by atoms with Gasteiger partial charge in [-0.05, 0) is 46.8 Å². The third-order valence-corrected chi connectivity index (χ3v) is 3.76. The van der Waals surface area contributed by atoms with Crippen LogP contribution in [0.1, 0.15) is 31.0 Å². The Kier molecular flexibility index (Phi) is 6.49. The minimum Gasteiger partial charge on any atom is -0.360 e. The van der Waals surface area contributed by atoms with Gasteiger partial charge in [0.25, 0.3) is 0 Å². The Labute approximate surface area is 123 Å². The van der Waals surface area contributed by atoms with Gasteiger partial charge in [0.15, 0.2) is 0 Å². The molecular weight excluding hydrogens is 250 g/mol. The molecule has 1 aromatic heterocycles. The number of hydrogen-bond acceptors (Lipinski definition) is 4. The summed E-state index contributed by atoms with van der Waals surface area (Å²) in [5.74, 6) is 1.21. The van der Waals surface area contributed by atoms with E-state index in [-0.39, 0.29) is 6.04 Å². The Bertz CT molecular complexity index is 411. The Balaban J connectivity index is 2.81. The second-order valence-corrected chi connectivity index (χ2v) is 5.96. The third-order valence-electron chi connectivity index (χ3n) is 3.76. The predicted octanol–water partition coefficient (Wildman–Crippen LogP) is 1.40. The molecule has 0 fully saturated rings. The molecule has 5 heteroatoms. The van der Waals surface area contributed by atoms with Crippen LogP contribution in [0.3, 0.4) is 0 Å². The fraction of sp³-hybridized carbons (Fsp3) is 0.800. The second-order valence-electron chi connectivity index (χ2n) is 5.96. The smallest absolute Gasteiger partial charge is 0.129 e. The van der Waals surface area contributed by atoms with E-state index in [4.69, 9.17) is 5.73 Å². The van der Waals surface area contributed by atoms with Crippen LogP contribution in [0.2, 0.25) is 0 Å². The van der Waals surface area contributed by atoms with Crippen molar-refractivity contribution in [1.29, 1.82) is 0 Å². The highest BCUT2D eigenvalue weighted by Crippen LogP contribution is 2.24. The SMILES string of the molecule is CCC(N)Cc1c(C)nn(C)c1N(C)CCCN(C)C. The van der Waals surface area contributed by atoms with Crippen LogP contribution in [0.15, 0.2) is 0 Å². The number of aromatic nitrogens is 2. The Morgan fingerprint density at radius 1 is 1.25 bits per heavy atom. The minimum absolute atomic E-state index is 0.215. The van der Waals surface area contributed by atoms with Crippen LogP contribution in [0, 0.1) is 6.92 Å². The van der Waals surface area contributed by atoms with Gasteiger partial charge in [-0.1, -0.05) is 6.92 Å². The highest BCUT2D eigenvalue weighted by atomic mass is 15.4. The molecule has 0 aliphatic carbocycles. The number of nitrogens with zero attached hydrogens (tertiary/aromatic N) is 4. The van der Waals surface area contributed by atoms with Gasteiger partial charge in [0, 0.05) is 32.2 Å². The average molecular weight is 281 g/mol. The van der Waals surface area contributed by atoms with Gasteiger partial charge >= 0.3 is 0 Å². The molecule has 5 nitrogen and oxygen atoms in total. The fourth-order valence-corrected chi connectivity index (χ4v) is 2.54. The van der Waals surface area contributed by atoms with E-state index >= 15 is 0 Å². The zero-order valence-corrected chi connectivity index (χ0v) is 14.0. The predicted molar refractivity (Wildman–Crippen MR) is 86.4 cm³/mol. The van der Waals surface area contributed by atoms with Crippen molar-refractivity contribution in [2.75, 3.05) is 39.1 Å². The topological polar surface area (TPSA) is 50.3 Å². The Morgan fingerprint density at radius 2 is 1.90 bits per heavy atom. The normalized spacial score (nSPS) is 13.0. The number of aryl methyl sites for hydroxylation is 2. The van der Waals surface area contributed by atoms with E-state index in [1.807, 2.05) is 11.7 Å². The monoisotopic (exact) mass is 281 g/mol. The first-order valence-corrected chi connectivity index (χ1v) is 7.50. The van der Waals surface area contributed by atoms with Gasteiger partial charge in [0.05, 0.1) is 5.69 Å². The van der Waals surface area contributed by atoms with Crippen LogP contribution >= 0.6 is 0 Å². The highest BCUT2D eigenvalue weighted by Gasteiger charge is 2.18. The number of rotatable bonds is 8. The summed E-state index contributed by atoms with van der Waals surface area (Å²) in [4.78, 5) is 4.53. The second kappa shape index (κ2) is 7.64. The van der Waals surface area contributed by atoms with Gasteiger partial charge in [-0.3, -0.25) is 4.68 Å². The summed E-state index contributed by atoms with van der Waals surface area (Å²) in [5, 5.41) is 4.57. The van der Waals surface area contributed by atoms with E-state index in [0.717, 1.165) is 38.0 Å². The van der Waals surface area contributed by atoms with Crippen LogP contribution in [0.25, 0.3) is 0 Å². The first-order chi connectivity index (χ1) is 9.36. The summed E-state index contributed by atoms with van der Waals surface area (Å²) in [6.07, 6.45) is 3.05. The molecule has 0 bridgehead atoms. The van der Waals surface area contributed by atoms with Gasteiger partial charge in [-0.2, -0.15) is 5.10 Å². The van der Waals surface area contributed by atoms with Crippen molar-refractivity contribution in [3.05, 3.63) is 11.3 Å². The summed E-state index contributed by atoms with van der Waals surface area (Å²) in [7, 11) is 8.39. The van der Waals surface area contributed by atoms with E-state index in [0.29, 0.717) is 0 Å². The zero-order chi connectivity index (χ0) is 15.3. The van der Waals surface area contributed by atoms with Crippen LogP contribution in [-0.4, -0.2) is 55.0 Å². The molecule has 0 aromatic carbocycles. The average Bonchev–Trinajstić information content (AvgIpc) is 2.63. The summed E-state index contributed by atoms with van der Waals surface area (Å²) in [5.41, 5.74) is 8.53. The first-order valence-electron chi connectivity index (χ1n) is 7.50. The first kappa shape index (κ1) is 17.0. The zero-order valence-electron chi connectivity index (χ0n) is 14.0. The van der Waals surface area contributed by atoms with Crippen molar-refractivity contribution in [3.63, 3.8) is 0 Å². The molecule has 1 unspecified atom stereocenters. The number of anilines is 1. The van der Waals surface area contributed by atoms with Crippen molar-refractivity contribution in [2.45, 2.75) is 39.2 Å². The number of nitrogens with two attached hydrogens (primary N) is 1. The van der Waals surface area contributed by atoms with Crippen LogP contribution in [0.4, 0.5) is 5.82 Å². The lowest BCUT2D eigenvalue weighted by Gasteiger charge is -2.23. The molecule has 0 saturated heterocycles. The molecule has 116 valence electrons. The molecule has 0 aliphatic rings. The largest absolute Gasteiger partial charge is 0.360 e. The lowest BCUT2D eigenvalue weighted by atomic mass is 10.0. The lowest BCUT2D eigenvalue weighted by molar-refractivity contribution is 0.401.